The van der Waals surface area contributed by atoms with Gasteiger partial charge in [-0.25, -0.2) is 0 Å². The van der Waals surface area contributed by atoms with Crippen LogP contribution in [-0.2, 0) is 0 Å². The molecule has 0 spiro atoms. The Morgan fingerprint density at radius 3 is 1.22 bits per heavy atom. The third-order valence-corrected chi connectivity index (χ3v) is 14.4. The van der Waals surface area contributed by atoms with E-state index in [1.807, 2.05) is 0 Å². The summed E-state index contributed by atoms with van der Waals surface area (Å²) in [5.74, 6) is 0. The minimum atomic E-state index is -0.739. The molecule has 134 valence electrons. The van der Waals surface area contributed by atoms with Crippen LogP contribution in [0.4, 0.5) is 0 Å². The van der Waals surface area contributed by atoms with Crippen LogP contribution in [0.2, 0.25) is 0 Å². The smallest absolute Gasteiger partial charge is 0.0652 e. The summed E-state index contributed by atoms with van der Waals surface area (Å²) in [6.07, 6.45) is 28.5. The maximum Gasteiger partial charge on any atom is 0.0703 e. The summed E-state index contributed by atoms with van der Waals surface area (Å²) in [6.45, 7) is 2.44. The van der Waals surface area contributed by atoms with E-state index in [4.69, 9.17) is 0 Å². The third kappa shape index (κ3) is 4.16. The molecule has 3 aliphatic carbocycles. The van der Waals surface area contributed by atoms with E-state index < -0.39 is 7.26 Å². The van der Waals surface area contributed by atoms with E-state index >= 15 is 0 Å². The van der Waals surface area contributed by atoms with Gasteiger partial charge in [0.2, 0.25) is 0 Å². The van der Waals surface area contributed by atoms with Crippen molar-refractivity contribution in [3.63, 3.8) is 0 Å². The molecule has 0 aromatic heterocycles. The molecule has 0 atom stereocenters. The molecule has 3 aliphatic rings. The van der Waals surface area contributed by atoms with Crippen LogP contribution in [0.3, 0.4) is 0 Å². The fourth-order valence-electron chi connectivity index (χ4n) is 6.56. The molecule has 0 radical (unpaired) electrons. The van der Waals surface area contributed by atoms with Gasteiger partial charge < -0.3 is 0 Å². The van der Waals surface area contributed by atoms with E-state index in [9.17, 15) is 0 Å². The van der Waals surface area contributed by atoms with Gasteiger partial charge in [-0.15, -0.1) is 0 Å². The average molecular weight is 338 g/mol. The van der Waals surface area contributed by atoms with Crippen molar-refractivity contribution in [2.45, 2.75) is 133 Å². The number of hydrogen-bond acceptors (Lipinski definition) is 0. The highest BCUT2D eigenvalue weighted by Gasteiger charge is 2.56. The van der Waals surface area contributed by atoms with Crippen LogP contribution in [0, 0.1) is 0 Å². The van der Waals surface area contributed by atoms with Gasteiger partial charge in [0.25, 0.3) is 0 Å². The summed E-state index contributed by atoms with van der Waals surface area (Å²) in [4.78, 5) is 0. The summed E-state index contributed by atoms with van der Waals surface area (Å²) < 4.78 is 0. The van der Waals surface area contributed by atoms with Crippen LogP contribution in [0.15, 0.2) is 0 Å². The Bertz CT molecular complexity index is 273. The van der Waals surface area contributed by atoms with Crippen molar-refractivity contribution in [3.8, 4) is 0 Å². The Balaban J connectivity index is 1.88. The second-order valence-electron chi connectivity index (χ2n) is 8.95. The third-order valence-electron chi connectivity index (χ3n) is 7.66. The van der Waals surface area contributed by atoms with Crippen LogP contribution in [-0.4, -0.2) is 23.1 Å². The SMILES string of the molecule is CCCC[P+](C1CCCCC1)(C1CCCCC1)C1CCCCC1. The lowest BCUT2D eigenvalue weighted by molar-refractivity contribution is 0.449. The topological polar surface area (TPSA) is 0 Å². The first kappa shape index (κ1) is 18.2. The Labute approximate surface area is 146 Å². The Morgan fingerprint density at radius 2 is 0.913 bits per heavy atom. The van der Waals surface area contributed by atoms with Crippen LogP contribution < -0.4 is 0 Å². The molecule has 0 aromatic rings. The second-order valence-corrected chi connectivity index (χ2v) is 13.6. The first-order chi connectivity index (χ1) is 11.4. The molecule has 23 heavy (non-hydrogen) atoms. The van der Waals surface area contributed by atoms with Gasteiger partial charge in [-0.05, 0) is 83.5 Å². The van der Waals surface area contributed by atoms with Gasteiger partial charge in [0.15, 0.2) is 0 Å². The molecule has 0 amide bonds. The van der Waals surface area contributed by atoms with Gasteiger partial charge in [-0.1, -0.05) is 32.6 Å². The molecular formula is C22H42P+. The monoisotopic (exact) mass is 337 g/mol. The van der Waals surface area contributed by atoms with Crippen LogP contribution >= 0.6 is 7.26 Å². The highest BCUT2D eigenvalue weighted by molar-refractivity contribution is 7.77. The largest absolute Gasteiger partial charge is 0.0703 e. The summed E-state index contributed by atoms with van der Waals surface area (Å²) in [5, 5.41) is 0. The molecule has 1 heteroatoms. The highest BCUT2D eigenvalue weighted by atomic mass is 31.2. The minimum absolute atomic E-state index is 0.739. The standard InChI is InChI=1S/C22H42P/c1-2-3-19-23(20-13-7-4-8-14-20,21-15-9-5-10-16-21)22-17-11-6-12-18-22/h20-22H,2-19H2,1H3/q+1. The summed E-state index contributed by atoms with van der Waals surface area (Å²) in [5.41, 5.74) is 3.61. The molecule has 0 nitrogen and oxygen atoms in total. The molecule has 0 bridgehead atoms. The van der Waals surface area contributed by atoms with Gasteiger partial charge in [-0.3, -0.25) is 0 Å². The second kappa shape index (κ2) is 9.22. The Hall–Kier alpha value is 0.430. The van der Waals surface area contributed by atoms with Crippen molar-refractivity contribution in [2.75, 3.05) is 6.16 Å². The molecule has 3 saturated carbocycles. The van der Waals surface area contributed by atoms with Crippen molar-refractivity contribution in [2.24, 2.45) is 0 Å². The zero-order valence-electron chi connectivity index (χ0n) is 15.9. The number of hydrogen-bond donors (Lipinski definition) is 0. The van der Waals surface area contributed by atoms with E-state index in [1.54, 1.807) is 109 Å². The molecule has 0 saturated heterocycles. The molecule has 0 heterocycles. The molecule has 0 aliphatic heterocycles. The van der Waals surface area contributed by atoms with Gasteiger partial charge in [0.05, 0.1) is 23.1 Å². The maximum absolute atomic E-state index is 2.44. The van der Waals surface area contributed by atoms with Crippen molar-refractivity contribution in [1.82, 2.24) is 0 Å². The predicted molar refractivity (Wildman–Crippen MR) is 107 cm³/mol. The average Bonchev–Trinajstić information content (AvgIpc) is 2.65. The lowest BCUT2D eigenvalue weighted by Crippen LogP contribution is -2.37. The van der Waals surface area contributed by atoms with Crippen molar-refractivity contribution >= 4 is 7.26 Å². The Kier molecular flexibility index (Phi) is 7.30. The van der Waals surface area contributed by atoms with Crippen LogP contribution in [0.5, 0.6) is 0 Å². The number of unbranched alkanes of at least 4 members (excludes halogenated alkanes) is 1. The highest BCUT2D eigenvalue weighted by Crippen LogP contribution is 2.77. The quantitative estimate of drug-likeness (QED) is 0.434. The number of rotatable bonds is 6. The lowest BCUT2D eigenvalue weighted by Gasteiger charge is -2.49. The van der Waals surface area contributed by atoms with Gasteiger partial charge in [0.1, 0.15) is 0 Å². The maximum atomic E-state index is 2.44. The van der Waals surface area contributed by atoms with E-state index in [-0.39, 0.29) is 0 Å². The molecule has 3 rings (SSSR count). The zero-order chi connectivity index (χ0) is 16.0. The van der Waals surface area contributed by atoms with Crippen molar-refractivity contribution in [1.29, 1.82) is 0 Å². The van der Waals surface area contributed by atoms with Gasteiger partial charge in [0, 0.05) is 7.26 Å². The molecule has 0 unspecified atom stereocenters. The summed E-state index contributed by atoms with van der Waals surface area (Å²) >= 11 is 0. The zero-order valence-corrected chi connectivity index (χ0v) is 16.8. The first-order valence-electron chi connectivity index (χ1n) is 11.2. The van der Waals surface area contributed by atoms with Crippen molar-refractivity contribution in [3.05, 3.63) is 0 Å². The predicted octanol–water partition coefficient (Wildman–Crippen LogP) is 7.80. The van der Waals surface area contributed by atoms with E-state index in [2.05, 4.69) is 6.92 Å². The van der Waals surface area contributed by atoms with E-state index in [0.29, 0.717) is 0 Å². The van der Waals surface area contributed by atoms with E-state index in [1.165, 1.54) is 23.4 Å². The molecule has 0 N–H and O–H groups in total. The van der Waals surface area contributed by atoms with Crippen molar-refractivity contribution < 1.29 is 0 Å². The molecule has 0 aromatic carbocycles. The minimum Gasteiger partial charge on any atom is -0.0652 e. The molecule has 3 fully saturated rings. The fourth-order valence-corrected chi connectivity index (χ4v) is 14.3. The lowest BCUT2D eigenvalue weighted by atomic mass is 9.99. The fraction of sp³-hybridized carbons (Fsp3) is 1.00. The summed E-state index contributed by atoms with van der Waals surface area (Å²) in [6, 6.07) is 0. The van der Waals surface area contributed by atoms with Crippen LogP contribution in [0.1, 0.15) is 116 Å². The Morgan fingerprint density at radius 1 is 0.565 bits per heavy atom. The van der Waals surface area contributed by atoms with E-state index in [0.717, 1.165) is 0 Å². The van der Waals surface area contributed by atoms with Crippen LogP contribution in [0.25, 0.3) is 0 Å². The normalized spacial score (nSPS) is 26.5. The van der Waals surface area contributed by atoms with Gasteiger partial charge >= 0.3 is 0 Å². The van der Waals surface area contributed by atoms with Gasteiger partial charge in [-0.2, -0.15) is 0 Å². The first-order valence-corrected chi connectivity index (χ1v) is 13.4. The molecular weight excluding hydrogens is 295 g/mol. The summed E-state index contributed by atoms with van der Waals surface area (Å²) in [7, 11) is -0.739.